The van der Waals surface area contributed by atoms with Crippen LogP contribution in [0.15, 0.2) is 66.7 Å². The fourth-order valence-corrected chi connectivity index (χ4v) is 2.72. The van der Waals surface area contributed by atoms with Crippen LogP contribution in [0.5, 0.6) is 0 Å². The number of aromatic amines is 2. The minimum absolute atomic E-state index is 0.544. The SMILES string of the molecule is S=c1[nH]nc(-c2cc(-c3ccccc3)n[nH]2)n1-c1ccccc1. The lowest BCUT2D eigenvalue weighted by atomic mass is 10.1. The Hall–Kier alpha value is -2.99. The van der Waals surface area contributed by atoms with Crippen LogP contribution in [0, 0.1) is 4.77 Å². The average molecular weight is 319 g/mol. The summed E-state index contributed by atoms with van der Waals surface area (Å²) in [6.07, 6.45) is 0. The van der Waals surface area contributed by atoms with Crippen molar-refractivity contribution in [3.8, 4) is 28.5 Å². The molecule has 2 aromatic carbocycles. The Morgan fingerprint density at radius 1 is 0.826 bits per heavy atom. The molecule has 0 aliphatic rings. The second kappa shape index (κ2) is 5.66. The number of aromatic nitrogens is 5. The molecule has 0 aliphatic carbocycles. The van der Waals surface area contributed by atoms with Gasteiger partial charge < -0.3 is 0 Å². The molecule has 0 atom stereocenters. The third kappa shape index (κ3) is 2.49. The zero-order valence-corrected chi connectivity index (χ0v) is 12.9. The van der Waals surface area contributed by atoms with E-state index in [1.54, 1.807) is 0 Å². The van der Waals surface area contributed by atoms with E-state index in [1.807, 2.05) is 71.3 Å². The summed E-state index contributed by atoms with van der Waals surface area (Å²) in [6, 6.07) is 21.9. The molecule has 2 N–H and O–H groups in total. The van der Waals surface area contributed by atoms with Crippen molar-refractivity contribution in [1.82, 2.24) is 25.0 Å². The van der Waals surface area contributed by atoms with Crippen molar-refractivity contribution in [3.05, 3.63) is 71.5 Å². The summed E-state index contributed by atoms with van der Waals surface area (Å²) >= 11 is 5.37. The van der Waals surface area contributed by atoms with Crippen molar-refractivity contribution in [2.24, 2.45) is 0 Å². The highest BCUT2D eigenvalue weighted by molar-refractivity contribution is 7.71. The Morgan fingerprint density at radius 3 is 2.26 bits per heavy atom. The van der Waals surface area contributed by atoms with Crippen molar-refractivity contribution in [3.63, 3.8) is 0 Å². The van der Waals surface area contributed by atoms with Crippen LogP contribution in [0.2, 0.25) is 0 Å². The minimum atomic E-state index is 0.544. The molecule has 2 aromatic heterocycles. The maximum absolute atomic E-state index is 5.37. The largest absolute Gasteiger partial charge is 0.274 e. The molecule has 0 spiro atoms. The summed E-state index contributed by atoms with van der Waals surface area (Å²) in [7, 11) is 0. The third-order valence-corrected chi connectivity index (χ3v) is 3.85. The maximum atomic E-state index is 5.37. The summed E-state index contributed by atoms with van der Waals surface area (Å²) in [6.45, 7) is 0. The van der Waals surface area contributed by atoms with E-state index in [-0.39, 0.29) is 0 Å². The van der Waals surface area contributed by atoms with Gasteiger partial charge in [-0.05, 0) is 30.4 Å². The van der Waals surface area contributed by atoms with E-state index in [9.17, 15) is 0 Å². The van der Waals surface area contributed by atoms with Crippen LogP contribution in [0.25, 0.3) is 28.5 Å². The molecule has 23 heavy (non-hydrogen) atoms. The van der Waals surface area contributed by atoms with Crippen LogP contribution in [-0.2, 0) is 0 Å². The molecule has 0 saturated heterocycles. The van der Waals surface area contributed by atoms with Crippen molar-refractivity contribution >= 4 is 12.2 Å². The highest BCUT2D eigenvalue weighted by Gasteiger charge is 2.13. The molecular weight excluding hydrogens is 306 g/mol. The van der Waals surface area contributed by atoms with Crippen LogP contribution in [0.3, 0.4) is 0 Å². The molecule has 5 nitrogen and oxygen atoms in total. The van der Waals surface area contributed by atoms with Gasteiger partial charge in [-0.1, -0.05) is 48.5 Å². The van der Waals surface area contributed by atoms with E-state index in [4.69, 9.17) is 12.2 Å². The van der Waals surface area contributed by atoms with E-state index in [1.165, 1.54) is 0 Å². The zero-order chi connectivity index (χ0) is 15.6. The van der Waals surface area contributed by atoms with Gasteiger partial charge in [-0.3, -0.25) is 14.8 Å². The van der Waals surface area contributed by atoms with E-state index >= 15 is 0 Å². The molecule has 6 heteroatoms. The van der Waals surface area contributed by atoms with Crippen LogP contribution in [-0.4, -0.2) is 25.0 Å². The predicted octanol–water partition coefficient (Wildman–Crippen LogP) is 3.99. The standard InChI is InChI=1S/C17H13N5S/c23-17-21-20-16(22(17)13-9-5-2-6-10-13)15-11-14(18-19-15)12-7-3-1-4-8-12/h1-11H,(H,18,19)(H,21,23). The normalized spacial score (nSPS) is 10.8. The maximum Gasteiger partial charge on any atom is 0.200 e. The van der Waals surface area contributed by atoms with Crippen molar-refractivity contribution in [2.45, 2.75) is 0 Å². The number of nitrogens with zero attached hydrogens (tertiary/aromatic N) is 3. The number of benzene rings is 2. The molecule has 0 radical (unpaired) electrons. The number of hydrogen-bond acceptors (Lipinski definition) is 3. The Balaban J connectivity index is 1.82. The fourth-order valence-electron chi connectivity index (χ4n) is 2.49. The fraction of sp³-hybridized carbons (Fsp3) is 0. The molecule has 4 aromatic rings. The molecule has 0 fully saturated rings. The van der Waals surface area contributed by atoms with Crippen molar-refractivity contribution < 1.29 is 0 Å². The average Bonchev–Trinajstić information content (AvgIpc) is 3.23. The first kappa shape index (κ1) is 13.7. The van der Waals surface area contributed by atoms with E-state index in [2.05, 4.69) is 20.4 Å². The topological polar surface area (TPSA) is 62.3 Å². The monoisotopic (exact) mass is 319 g/mol. The quantitative estimate of drug-likeness (QED) is 0.561. The Bertz CT molecular complexity index is 983. The lowest BCUT2D eigenvalue weighted by Gasteiger charge is -2.04. The number of H-pyrrole nitrogens is 2. The minimum Gasteiger partial charge on any atom is -0.274 e. The molecule has 0 amide bonds. The first-order valence-corrected chi connectivity index (χ1v) is 7.58. The smallest absolute Gasteiger partial charge is 0.200 e. The molecule has 4 rings (SSSR count). The lowest BCUT2D eigenvalue weighted by Crippen LogP contribution is -1.97. The Kier molecular flexibility index (Phi) is 3.36. The molecule has 112 valence electrons. The van der Waals surface area contributed by atoms with Gasteiger partial charge in [0.2, 0.25) is 0 Å². The van der Waals surface area contributed by atoms with Gasteiger partial charge in [0.05, 0.1) is 11.4 Å². The van der Waals surface area contributed by atoms with Gasteiger partial charge in [0.25, 0.3) is 0 Å². The lowest BCUT2D eigenvalue weighted by molar-refractivity contribution is 1.02. The van der Waals surface area contributed by atoms with E-state index < -0.39 is 0 Å². The molecule has 0 unspecified atom stereocenters. The van der Waals surface area contributed by atoms with E-state index in [0.717, 1.165) is 22.6 Å². The van der Waals surface area contributed by atoms with Gasteiger partial charge in [0, 0.05) is 5.56 Å². The first-order chi connectivity index (χ1) is 11.3. The van der Waals surface area contributed by atoms with Gasteiger partial charge in [-0.15, -0.1) is 0 Å². The highest BCUT2D eigenvalue weighted by Crippen LogP contribution is 2.24. The number of nitrogens with one attached hydrogen (secondary N) is 2. The van der Waals surface area contributed by atoms with Gasteiger partial charge >= 0.3 is 0 Å². The molecule has 0 aliphatic heterocycles. The van der Waals surface area contributed by atoms with Crippen molar-refractivity contribution in [2.75, 3.05) is 0 Å². The molecular formula is C17H13N5S. The molecule has 0 bridgehead atoms. The summed E-state index contributed by atoms with van der Waals surface area (Å²) in [4.78, 5) is 0. The van der Waals surface area contributed by atoms with Crippen LogP contribution in [0.1, 0.15) is 0 Å². The third-order valence-electron chi connectivity index (χ3n) is 3.58. The summed E-state index contributed by atoms with van der Waals surface area (Å²) in [5.41, 5.74) is 3.68. The summed E-state index contributed by atoms with van der Waals surface area (Å²) in [5.74, 6) is 0.705. The Labute approximate surface area is 137 Å². The number of hydrogen-bond donors (Lipinski definition) is 2. The van der Waals surface area contributed by atoms with Gasteiger partial charge in [0.1, 0.15) is 5.69 Å². The first-order valence-electron chi connectivity index (χ1n) is 7.17. The summed E-state index contributed by atoms with van der Waals surface area (Å²) in [5, 5.41) is 14.6. The summed E-state index contributed by atoms with van der Waals surface area (Å²) < 4.78 is 2.43. The molecule has 2 heterocycles. The molecule has 0 saturated carbocycles. The van der Waals surface area contributed by atoms with Crippen LogP contribution >= 0.6 is 12.2 Å². The van der Waals surface area contributed by atoms with Crippen LogP contribution < -0.4 is 0 Å². The highest BCUT2D eigenvalue weighted by atomic mass is 32.1. The van der Waals surface area contributed by atoms with Crippen molar-refractivity contribution in [1.29, 1.82) is 0 Å². The second-order valence-electron chi connectivity index (χ2n) is 5.06. The number of rotatable bonds is 3. The number of para-hydroxylation sites is 1. The predicted molar refractivity (Wildman–Crippen MR) is 91.8 cm³/mol. The second-order valence-corrected chi connectivity index (χ2v) is 5.44. The van der Waals surface area contributed by atoms with Crippen LogP contribution in [0.4, 0.5) is 0 Å². The van der Waals surface area contributed by atoms with Gasteiger partial charge in [-0.2, -0.15) is 10.2 Å². The van der Waals surface area contributed by atoms with E-state index in [0.29, 0.717) is 10.6 Å². The Morgan fingerprint density at radius 2 is 1.52 bits per heavy atom. The van der Waals surface area contributed by atoms with Gasteiger partial charge in [0.15, 0.2) is 10.6 Å². The zero-order valence-electron chi connectivity index (χ0n) is 12.1. The van der Waals surface area contributed by atoms with Gasteiger partial charge in [-0.25, -0.2) is 0 Å².